The van der Waals surface area contributed by atoms with Crippen LogP contribution in [0, 0.1) is 13.8 Å². The first-order valence-electron chi connectivity index (χ1n) is 9.26. The summed E-state index contributed by atoms with van der Waals surface area (Å²) in [4.78, 5) is 8.95. The van der Waals surface area contributed by atoms with Crippen molar-refractivity contribution in [3.63, 3.8) is 0 Å². The third kappa shape index (κ3) is 4.31. The summed E-state index contributed by atoms with van der Waals surface area (Å²) in [6.45, 7) is 6.00. The first-order valence-corrected chi connectivity index (χ1v) is 10.2. The second-order valence-corrected chi connectivity index (χ2v) is 7.97. The molecule has 27 heavy (non-hydrogen) atoms. The Hall–Kier alpha value is -2.37. The van der Waals surface area contributed by atoms with E-state index in [1.807, 2.05) is 37.3 Å². The molecule has 1 fully saturated rings. The zero-order chi connectivity index (χ0) is 18.6. The van der Waals surface area contributed by atoms with E-state index in [4.69, 9.17) is 0 Å². The minimum atomic E-state index is 0.474. The first kappa shape index (κ1) is 18.0. The Bertz CT molecular complexity index is 913. The lowest BCUT2D eigenvalue weighted by molar-refractivity contribution is 0.579. The second-order valence-electron chi connectivity index (χ2n) is 6.93. The first-order chi connectivity index (χ1) is 13.2. The molecule has 3 aromatic rings. The molecule has 1 N–H and O–H groups in total. The third-order valence-corrected chi connectivity index (χ3v) is 6.02. The van der Waals surface area contributed by atoms with Gasteiger partial charge < -0.3 is 9.62 Å². The van der Waals surface area contributed by atoms with E-state index >= 15 is 0 Å². The van der Waals surface area contributed by atoms with Crippen LogP contribution in [0.2, 0.25) is 0 Å². The highest BCUT2D eigenvalue weighted by atomic mass is 32.2. The van der Waals surface area contributed by atoms with Gasteiger partial charge in [0, 0.05) is 48.5 Å². The molecule has 1 aromatic carbocycles. The molecule has 1 atom stereocenters. The Morgan fingerprint density at radius 3 is 2.74 bits per heavy atom. The van der Waals surface area contributed by atoms with Crippen LogP contribution in [-0.2, 0) is 6.54 Å². The highest BCUT2D eigenvalue weighted by Crippen LogP contribution is 2.33. The summed E-state index contributed by atoms with van der Waals surface area (Å²) in [5.74, 6) is 1.07. The minimum Gasteiger partial charge on any atom is -0.313 e. The lowest BCUT2D eigenvalue weighted by Crippen LogP contribution is -2.33. The predicted octanol–water partition coefficient (Wildman–Crippen LogP) is 4.39. The molecule has 4 nitrogen and oxygen atoms in total. The molecule has 1 saturated heterocycles. The van der Waals surface area contributed by atoms with Gasteiger partial charge in [-0.1, -0.05) is 30.3 Å². The van der Waals surface area contributed by atoms with Crippen molar-refractivity contribution in [2.75, 3.05) is 16.6 Å². The Kier molecular flexibility index (Phi) is 5.41. The molecule has 0 aliphatic carbocycles. The molecule has 3 heterocycles. The summed E-state index contributed by atoms with van der Waals surface area (Å²) in [7, 11) is 0. The predicted molar refractivity (Wildman–Crippen MR) is 114 cm³/mol. The van der Waals surface area contributed by atoms with Crippen molar-refractivity contribution in [3.8, 4) is 11.1 Å². The number of hydrogen-bond acceptors (Lipinski definition) is 5. The summed E-state index contributed by atoms with van der Waals surface area (Å²) < 4.78 is 2.38. The Labute approximate surface area is 165 Å². The SMILES string of the molecule is Cc1cc(-c2cnc(C)c(N3CC(NCc4ccccc4)CS3)c2)ccn1. The monoisotopic (exact) mass is 376 g/mol. The molecule has 5 heteroatoms. The van der Waals surface area contributed by atoms with E-state index in [-0.39, 0.29) is 0 Å². The fraction of sp³-hybridized carbons (Fsp3) is 0.273. The van der Waals surface area contributed by atoms with Gasteiger partial charge in [0.15, 0.2) is 0 Å². The maximum atomic E-state index is 4.65. The van der Waals surface area contributed by atoms with Crippen LogP contribution in [-0.4, -0.2) is 28.3 Å². The topological polar surface area (TPSA) is 41.1 Å². The van der Waals surface area contributed by atoms with Crippen molar-refractivity contribution in [3.05, 3.63) is 77.9 Å². The number of hydrogen-bond donors (Lipinski definition) is 1. The molecule has 1 unspecified atom stereocenters. The summed E-state index contributed by atoms with van der Waals surface area (Å²) >= 11 is 1.88. The summed E-state index contributed by atoms with van der Waals surface area (Å²) in [6, 6.07) is 17.5. The lowest BCUT2D eigenvalue weighted by atomic mass is 10.1. The van der Waals surface area contributed by atoms with Gasteiger partial charge in [-0.2, -0.15) is 0 Å². The van der Waals surface area contributed by atoms with Crippen molar-refractivity contribution in [1.82, 2.24) is 15.3 Å². The largest absolute Gasteiger partial charge is 0.313 e. The van der Waals surface area contributed by atoms with Crippen molar-refractivity contribution in [2.45, 2.75) is 26.4 Å². The molecule has 1 aliphatic heterocycles. The minimum absolute atomic E-state index is 0.474. The van der Waals surface area contributed by atoms with Crippen LogP contribution in [0.15, 0.2) is 60.9 Å². The molecule has 4 rings (SSSR count). The maximum absolute atomic E-state index is 4.65. The molecule has 1 aliphatic rings. The smallest absolute Gasteiger partial charge is 0.0689 e. The van der Waals surface area contributed by atoms with Gasteiger partial charge >= 0.3 is 0 Å². The van der Waals surface area contributed by atoms with Crippen LogP contribution in [0.3, 0.4) is 0 Å². The Morgan fingerprint density at radius 2 is 1.93 bits per heavy atom. The molecule has 0 radical (unpaired) electrons. The standard InChI is InChI=1S/C22H24N4S/c1-16-10-19(8-9-23-16)20-11-22(17(2)24-13-20)26-14-21(15-27-26)25-12-18-6-4-3-5-7-18/h3-11,13,21,25H,12,14-15H2,1-2H3. The third-order valence-electron chi connectivity index (χ3n) is 4.81. The summed E-state index contributed by atoms with van der Waals surface area (Å²) in [5.41, 5.74) is 6.93. The van der Waals surface area contributed by atoms with E-state index in [9.17, 15) is 0 Å². The zero-order valence-electron chi connectivity index (χ0n) is 15.7. The van der Waals surface area contributed by atoms with Crippen molar-refractivity contribution < 1.29 is 0 Å². The van der Waals surface area contributed by atoms with Crippen molar-refractivity contribution in [1.29, 1.82) is 0 Å². The molecule has 0 bridgehead atoms. The number of anilines is 1. The van der Waals surface area contributed by atoms with E-state index < -0.39 is 0 Å². The number of benzene rings is 1. The zero-order valence-corrected chi connectivity index (χ0v) is 16.5. The van der Waals surface area contributed by atoms with Crippen LogP contribution in [0.1, 0.15) is 17.0 Å². The number of nitrogens with one attached hydrogen (secondary N) is 1. The fourth-order valence-electron chi connectivity index (χ4n) is 3.29. The van der Waals surface area contributed by atoms with E-state index in [0.717, 1.165) is 35.8 Å². The number of rotatable bonds is 5. The average molecular weight is 377 g/mol. The van der Waals surface area contributed by atoms with E-state index in [1.54, 1.807) is 0 Å². The maximum Gasteiger partial charge on any atom is 0.0689 e. The summed E-state index contributed by atoms with van der Waals surface area (Å²) in [5, 5.41) is 3.68. The second kappa shape index (κ2) is 8.11. The van der Waals surface area contributed by atoms with Crippen LogP contribution in [0.25, 0.3) is 11.1 Å². The number of aromatic nitrogens is 2. The van der Waals surface area contributed by atoms with Gasteiger partial charge in [0.1, 0.15) is 0 Å². The van der Waals surface area contributed by atoms with Gasteiger partial charge in [0.05, 0.1) is 11.4 Å². The molecule has 0 spiro atoms. The molecule has 138 valence electrons. The van der Waals surface area contributed by atoms with Crippen LogP contribution >= 0.6 is 11.9 Å². The van der Waals surface area contributed by atoms with Crippen LogP contribution < -0.4 is 9.62 Å². The number of nitrogens with zero attached hydrogens (tertiary/aromatic N) is 3. The molecule has 2 aromatic heterocycles. The molecular weight excluding hydrogens is 352 g/mol. The fourth-order valence-corrected chi connectivity index (χ4v) is 4.48. The van der Waals surface area contributed by atoms with E-state index in [1.165, 1.54) is 16.8 Å². The number of aryl methyl sites for hydroxylation is 2. The van der Waals surface area contributed by atoms with Crippen molar-refractivity contribution in [2.24, 2.45) is 0 Å². The van der Waals surface area contributed by atoms with Crippen LogP contribution in [0.4, 0.5) is 5.69 Å². The normalized spacial score (nSPS) is 16.7. The van der Waals surface area contributed by atoms with Crippen molar-refractivity contribution >= 4 is 17.6 Å². The molecule has 0 saturated carbocycles. The van der Waals surface area contributed by atoms with Gasteiger partial charge in [-0.15, -0.1) is 0 Å². The highest BCUT2D eigenvalue weighted by molar-refractivity contribution is 8.01. The quantitative estimate of drug-likeness (QED) is 0.669. The van der Waals surface area contributed by atoms with E-state index in [0.29, 0.717) is 6.04 Å². The van der Waals surface area contributed by atoms with Gasteiger partial charge in [-0.05, 0) is 55.1 Å². The summed E-state index contributed by atoms with van der Waals surface area (Å²) in [6.07, 6.45) is 3.82. The molecule has 0 amide bonds. The molecular formula is C22H24N4S. The van der Waals surface area contributed by atoms with Gasteiger partial charge in [-0.3, -0.25) is 9.97 Å². The van der Waals surface area contributed by atoms with Gasteiger partial charge in [0.25, 0.3) is 0 Å². The van der Waals surface area contributed by atoms with Crippen LogP contribution in [0.5, 0.6) is 0 Å². The number of pyridine rings is 2. The Balaban J connectivity index is 1.46. The highest BCUT2D eigenvalue weighted by Gasteiger charge is 2.25. The average Bonchev–Trinajstić information content (AvgIpc) is 3.16. The Morgan fingerprint density at radius 1 is 1.07 bits per heavy atom. The van der Waals surface area contributed by atoms with Gasteiger partial charge in [-0.25, -0.2) is 0 Å². The van der Waals surface area contributed by atoms with Gasteiger partial charge in [0.2, 0.25) is 0 Å². The lowest BCUT2D eigenvalue weighted by Gasteiger charge is -2.20. The van der Waals surface area contributed by atoms with E-state index in [2.05, 4.69) is 69.0 Å².